The van der Waals surface area contributed by atoms with Gasteiger partial charge in [-0.1, -0.05) is 33.1 Å². The number of methoxy groups -OCH3 is 1. The van der Waals surface area contributed by atoms with E-state index in [2.05, 4.69) is 0 Å². The van der Waals surface area contributed by atoms with Crippen molar-refractivity contribution in [2.24, 2.45) is 17.3 Å². The van der Waals surface area contributed by atoms with E-state index in [0.717, 1.165) is 25.7 Å². The largest absolute Gasteiger partial charge is 0.449 e. The smallest absolute Gasteiger partial charge is 0.418 e. The van der Waals surface area contributed by atoms with Crippen molar-refractivity contribution in [3.8, 4) is 0 Å². The molecule has 0 spiro atoms. The van der Waals surface area contributed by atoms with Gasteiger partial charge in [-0.05, 0) is 55.8 Å². The highest BCUT2D eigenvalue weighted by Gasteiger charge is 2.58. The maximum absolute atomic E-state index is 14.2. The summed E-state index contributed by atoms with van der Waals surface area (Å²) in [5.41, 5.74) is -3.96. The number of hydrogen-bond acceptors (Lipinski definition) is 5. The monoisotopic (exact) mass is 524 g/mol. The predicted octanol–water partition coefficient (Wildman–Crippen LogP) is 5.18. The van der Waals surface area contributed by atoms with Crippen molar-refractivity contribution in [1.82, 2.24) is 9.80 Å². The number of carbonyl (C=O) groups excluding carboxylic acids is 1. The van der Waals surface area contributed by atoms with E-state index in [-0.39, 0.29) is 38.7 Å². The first-order chi connectivity index (χ1) is 16.8. The van der Waals surface area contributed by atoms with Crippen molar-refractivity contribution in [3.05, 3.63) is 0 Å². The minimum atomic E-state index is -4.85. The summed E-state index contributed by atoms with van der Waals surface area (Å²) in [4.78, 5) is 15.5. The summed E-state index contributed by atoms with van der Waals surface area (Å²) >= 11 is 0. The van der Waals surface area contributed by atoms with E-state index in [1.165, 1.54) is 18.4 Å². The Labute approximate surface area is 212 Å². The van der Waals surface area contributed by atoms with E-state index in [1.807, 2.05) is 0 Å². The molecule has 3 aliphatic rings. The molecule has 10 heteroatoms. The van der Waals surface area contributed by atoms with Gasteiger partial charge >= 0.3 is 12.3 Å². The molecule has 1 N–H and O–H groups in total. The maximum atomic E-state index is 14.2. The van der Waals surface area contributed by atoms with E-state index >= 15 is 0 Å². The fraction of sp³-hybridized carbons (Fsp3) is 0.962. The van der Waals surface area contributed by atoms with Crippen molar-refractivity contribution in [2.75, 3.05) is 46.4 Å². The topological polar surface area (TPSA) is 62.2 Å². The van der Waals surface area contributed by atoms with Crippen LogP contribution in [0.4, 0.5) is 22.4 Å². The number of nitrogens with zero attached hydrogens (tertiary/aromatic N) is 2. The van der Waals surface area contributed by atoms with Crippen LogP contribution in [0.1, 0.15) is 71.6 Å². The zero-order chi connectivity index (χ0) is 26.6. The molecule has 3 fully saturated rings. The molecular weight excluding hydrogens is 480 g/mol. The van der Waals surface area contributed by atoms with Gasteiger partial charge in [-0.2, -0.15) is 13.2 Å². The average molecular weight is 525 g/mol. The molecule has 6 nitrogen and oxygen atoms in total. The fourth-order valence-electron chi connectivity index (χ4n) is 6.42. The average Bonchev–Trinajstić information content (AvgIpc) is 2.82. The summed E-state index contributed by atoms with van der Waals surface area (Å²) in [6.45, 7) is 4.07. The van der Waals surface area contributed by atoms with Crippen LogP contribution >= 0.6 is 0 Å². The summed E-state index contributed by atoms with van der Waals surface area (Å²) < 4.78 is 67.8. The van der Waals surface area contributed by atoms with Gasteiger partial charge < -0.3 is 19.5 Å². The molecule has 36 heavy (non-hydrogen) atoms. The van der Waals surface area contributed by atoms with E-state index in [9.17, 15) is 27.5 Å². The molecule has 4 unspecified atom stereocenters. The van der Waals surface area contributed by atoms with Gasteiger partial charge in [0.15, 0.2) is 5.60 Å². The second kappa shape index (κ2) is 12.2. The third-order valence-corrected chi connectivity index (χ3v) is 8.59. The third-order valence-electron chi connectivity index (χ3n) is 8.59. The Bertz CT molecular complexity index is 709. The van der Waals surface area contributed by atoms with Crippen molar-refractivity contribution < 1.29 is 36.9 Å². The summed E-state index contributed by atoms with van der Waals surface area (Å²) in [5, 5.41) is 11.0. The lowest BCUT2D eigenvalue weighted by atomic mass is 9.64. The molecule has 0 radical (unpaired) electrons. The number of alkyl halides is 4. The minimum Gasteiger partial charge on any atom is -0.449 e. The Kier molecular flexibility index (Phi) is 9.94. The van der Waals surface area contributed by atoms with E-state index < -0.39 is 48.3 Å². The molecule has 1 amide bonds. The number of carbonyl (C=O) groups is 1. The highest BCUT2D eigenvalue weighted by Crippen LogP contribution is 2.48. The SMILES string of the molecule is COC1CCC(F)CC1C(C)(C)CC(O)(CN1CCN(C(=O)OCC2CCCCC2)CC1)C(F)(F)F. The zero-order valence-electron chi connectivity index (χ0n) is 22.0. The molecule has 1 saturated heterocycles. The lowest BCUT2D eigenvalue weighted by Gasteiger charge is -2.47. The Balaban J connectivity index is 1.57. The Morgan fingerprint density at radius 3 is 2.22 bits per heavy atom. The zero-order valence-corrected chi connectivity index (χ0v) is 22.0. The number of halogens is 4. The predicted molar refractivity (Wildman–Crippen MR) is 128 cm³/mol. The van der Waals surface area contributed by atoms with E-state index in [0.29, 0.717) is 25.4 Å². The second-order valence-corrected chi connectivity index (χ2v) is 11.8. The molecule has 1 heterocycles. The number of amides is 1. The van der Waals surface area contributed by atoms with E-state index in [1.54, 1.807) is 18.7 Å². The van der Waals surface area contributed by atoms with Crippen molar-refractivity contribution in [1.29, 1.82) is 0 Å². The first-order valence-electron chi connectivity index (χ1n) is 13.4. The van der Waals surface area contributed by atoms with Crippen LogP contribution in [-0.4, -0.2) is 91.5 Å². The van der Waals surface area contributed by atoms with Crippen LogP contribution in [0, 0.1) is 17.3 Å². The Morgan fingerprint density at radius 1 is 1.00 bits per heavy atom. The van der Waals surface area contributed by atoms with Gasteiger partial charge in [-0.15, -0.1) is 0 Å². The second-order valence-electron chi connectivity index (χ2n) is 11.8. The van der Waals surface area contributed by atoms with Crippen LogP contribution < -0.4 is 0 Å². The number of piperazine rings is 1. The third kappa shape index (κ3) is 7.47. The summed E-state index contributed by atoms with van der Waals surface area (Å²) in [6, 6.07) is 0. The first-order valence-corrected chi connectivity index (χ1v) is 13.4. The quantitative estimate of drug-likeness (QED) is 0.443. The molecule has 3 rings (SSSR count). The van der Waals surface area contributed by atoms with Crippen LogP contribution in [0.5, 0.6) is 0 Å². The van der Waals surface area contributed by atoms with Crippen molar-refractivity contribution in [2.45, 2.75) is 95.7 Å². The van der Waals surface area contributed by atoms with Gasteiger partial charge in [0.1, 0.15) is 6.17 Å². The van der Waals surface area contributed by atoms with Crippen molar-refractivity contribution >= 4 is 6.09 Å². The van der Waals surface area contributed by atoms with Crippen LogP contribution in [-0.2, 0) is 9.47 Å². The number of β-amino-alcohol motifs (C(OH)–C–C–N with tert-alkyl or cyclic N) is 1. The lowest BCUT2D eigenvalue weighted by Crippen LogP contribution is -2.60. The Morgan fingerprint density at radius 2 is 1.64 bits per heavy atom. The van der Waals surface area contributed by atoms with Gasteiger partial charge in [0.05, 0.1) is 12.7 Å². The van der Waals surface area contributed by atoms with Gasteiger partial charge in [0.2, 0.25) is 0 Å². The molecule has 0 aromatic heterocycles. The highest BCUT2D eigenvalue weighted by atomic mass is 19.4. The molecular formula is C26H44F4N2O4. The van der Waals surface area contributed by atoms with Gasteiger partial charge in [0, 0.05) is 39.8 Å². The number of hydrogen-bond donors (Lipinski definition) is 1. The standard InChI is InChI=1S/C26H44F4N2O4/c1-24(2,21-15-20(27)9-10-22(21)35-3)17-25(34,26(28,29)30)18-31-11-13-32(14-12-31)23(33)36-16-19-7-5-4-6-8-19/h19-22,34H,4-18H2,1-3H3. The summed E-state index contributed by atoms with van der Waals surface area (Å²) in [5.74, 6) is -0.0420. The lowest BCUT2D eigenvalue weighted by molar-refractivity contribution is -0.278. The fourth-order valence-corrected chi connectivity index (χ4v) is 6.42. The van der Waals surface area contributed by atoms with Gasteiger partial charge in [-0.3, -0.25) is 4.90 Å². The van der Waals surface area contributed by atoms with Crippen LogP contribution in [0.2, 0.25) is 0 Å². The molecule has 4 atom stereocenters. The summed E-state index contributed by atoms with van der Waals surface area (Å²) in [6.07, 6.45) is -0.680. The molecule has 2 aliphatic carbocycles. The Hall–Kier alpha value is -1.13. The molecule has 0 aromatic rings. The van der Waals surface area contributed by atoms with Gasteiger partial charge in [0.25, 0.3) is 0 Å². The molecule has 1 aliphatic heterocycles. The normalized spacial score (nSPS) is 29.1. The van der Waals surface area contributed by atoms with Crippen LogP contribution in [0.25, 0.3) is 0 Å². The van der Waals surface area contributed by atoms with E-state index in [4.69, 9.17) is 9.47 Å². The minimum absolute atomic E-state index is 0.126. The molecule has 0 aromatic carbocycles. The maximum Gasteiger partial charge on any atom is 0.418 e. The molecule has 2 saturated carbocycles. The first kappa shape index (κ1) is 29.4. The van der Waals surface area contributed by atoms with Crippen LogP contribution in [0.3, 0.4) is 0 Å². The number of aliphatic hydroxyl groups is 1. The number of ether oxygens (including phenoxy) is 2. The highest BCUT2D eigenvalue weighted by molar-refractivity contribution is 5.67. The number of rotatable bonds is 8. The summed E-state index contributed by atoms with van der Waals surface area (Å²) in [7, 11) is 1.50. The van der Waals surface area contributed by atoms with Gasteiger partial charge in [-0.25, -0.2) is 9.18 Å². The molecule has 210 valence electrons. The van der Waals surface area contributed by atoms with Crippen molar-refractivity contribution in [3.63, 3.8) is 0 Å². The molecule has 0 bridgehead atoms. The van der Waals surface area contributed by atoms with Crippen LogP contribution in [0.15, 0.2) is 0 Å².